The Hall–Kier alpha value is -0.980. The Kier molecular flexibility index (Phi) is 11.8. The highest BCUT2D eigenvalue weighted by atomic mass is 16.3. The molecule has 0 aliphatic heterocycles. The number of hydrogen-bond acceptors (Lipinski definition) is 1. The number of benzene rings is 1. The van der Waals surface area contributed by atoms with Crippen LogP contribution in [0.2, 0.25) is 0 Å². The molecule has 0 saturated heterocycles. The van der Waals surface area contributed by atoms with E-state index in [1.165, 1.54) is 89.0 Å². The van der Waals surface area contributed by atoms with Gasteiger partial charge in [0, 0.05) is 6.07 Å². The smallest absolute Gasteiger partial charge is 0.123 e. The molecule has 0 saturated carbocycles. The third kappa shape index (κ3) is 10.7. The van der Waals surface area contributed by atoms with Crippen molar-refractivity contribution in [2.75, 3.05) is 0 Å². The molecule has 0 amide bonds. The summed E-state index contributed by atoms with van der Waals surface area (Å²) in [7, 11) is 0. The lowest BCUT2D eigenvalue weighted by molar-refractivity contribution is 0.473. The number of phenols is 1. The molecular weight excluding hydrogens is 268 g/mol. The van der Waals surface area contributed by atoms with E-state index in [1.807, 2.05) is 12.1 Å². The van der Waals surface area contributed by atoms with Crippen LogP contribution in [0, 0.1) is 6.07 Å². The first-order valence-electron chi connectivity index (χ1n) is 9.52. The quantitative estimate of drug-likeness (QED) is 0.374. The van der Waals surface area contributed by atoms with E-state index in [4.69, 9.17) is 0 Å². The summed E-state index contributed by atoms with van der Waals surface area (Å²) in [5.41, 5.74) is 1.24. The lowest BCUT2D eigenvalue weighted by Gasteiger charge is -2.04. The summed E-state index contributed by atoms with van der Waals surface area (Å²) < 4.78 is 0. The number of phenolic OH excluding ortho intramolecular Hbond substituents is 1. The summed E-state index contributed by atoms with van der Waals surface area (Å²) >= 11 is 0. The molecule has 0 spiro atoms. The molecule has 0 atom stereocenters. The highest BCUT2D eigenvalue weighted by molar-refractivity contribution is 5.25. The summed E-state index contributed by atoms with van der Waals surface area (Å²) in [6, 6.07) is 8.48. The van der Waals surface area contributed by atoms with E-state index >= 15 is 0 Å². The van der Waals surface area contributed by atoms with Gasteiger partial charge in [-0.2, -0.15) is 0 Å². The van der Waals surface area contributed by atoms with Crippen LogP contribution < -0.4 is 0 Å². The fraction of sp³-hybridized carbons (Fsp3) is 0.714. The zero-order chi connectivity index (χ0) is 15.9. The van der Waals surface area contributed by atoms with E-state index in [0.717, 1.165) is 6.42 Å². The van der Waals surface area contributed by atoms with Crippen molar-refractivity contribution in [2.24, 2.45) is 0 Å². The Morgan fingerprint density at radius 2 is 1.27 bits per heavy atom. The van der Waals surface area contributed by atoms with E-state index in [-0.39, 0.29) is 5.75 Å². The first-order valence-corrected chi connectivity index (χ1v) is 9.52. The van der Waals surface area contributed by atoms with Crippen molar-refractivity contribution in [1.82, 2.24) is 0 Å². The van der Waals surface area contributed by atoms with Crippen LogP contribution in [0.5, 0.6) is 5.75 Å². The molecule has 1 rings (SSSR count). The minimum absolute atomic E-state index is 0.271. The minimum atomic E-state index is 0.271. The van der Waals surface area contributed by atoms with Crippen LogP contribution in [0.15, 0.2) is 18.2 Å². The maximum Gasteiger partial charge on any atom is 0.123 e. The highest BCUT2D eigenvalue weighted by Crippen LogP contribution is 2.15. The third-order valence-electron chi connectivity index (χ3n) is 4.42. The zero-order valence-corrected chi connectivity index (χ0v) is 14.6. The van der Waals surface area contributed by atoms with Gasteiger partial charge in [-0.1, -0.05) is 96.1 Å². The summed E-state index contributed by atoms with van der Waals surface area (Å²) in [4.78, 5) is 0. The van der Waals surface area contributed by atoms with E-state index < -0.39 is 0 Å². The topological polar surface area (TPSA) is 20.2 Å². The van der Waals surface area contributed by atoms with E-state index in [9.17, 15) is 5.11 Å². The molecule has 1 N–H and O–H groups in total. The van der Waals surface area contributed by atoms with Gasteiger partial charge in [0.1, 0.15) is 5.75 Å². The van der Waals surface area contributed by atoms with Crippen molar-refractivity contribution < 1.29 is 5.11 Å². The molecule has 0 aromatic heterocycles. The molecule has 22 heavy (non-hydrogen) atoms. The van der Waals surface area contributed by atoms with Crippen LogP contribution in [0.25, 0.3) is 0 Å². The van der Waals surface area contributed by atoms with Crippen molar-refractivity contribution in [3.05, 3.63) is 29.8 Å². The number of rotatable bonds is 14. The molecule has 0 aliphatic rings. The summed E-state index contributed by atoms with van der Waals surface area (Å²) in [5, 5.41) is 9.36. The molecule has 1 heteroatoms. The van der Waals surface area contributed by atoms with Crippen LogP contribution in [0.1, 0.15) is 96.0 Å². The van der Waals surface area contributed by atoms with Gasteiger partial charge in [-0.05, 0) is 24.5 Å². The summed E-state index contributed by atoms with van der Waals surface area (Å²) in [6.07, 6.45) is 19.2. The second kappa shape index (κ2) is 13.7. The second-order valence-corrected chi connectivity index (χ2v) is 6.57. The Morgan fingerprint density at radius 1 is 0.773 bits per heavy atom. The van der Waals surface area contributed by atoms with Crippen LogP contribution >= 0.6 is 0 Å². The molecule has 0 fully saturated rings. The number of aromatic hydroxyl groups is 1. The van der Waals surface area contributed by atoms with E-state index in [2.05, 4.69) is 19.1 Å². The molecular formula is C21H35O. The average Bonchev–Trinajstić information content (AvgIpc) is 2.52. The second-order valence-electron chi connectivity index (χ2n) is 6.57. The van der Waals surface area contributed by atoms with Crippen molar-refractivity contribution in [1.29, 1.82) is 0 Å². The predicted octanol–water partition coefficient (Wildman–Crippen LogP) is 6.83. The Bertz CT molecular complexity index is 359. The van der Waals surface area contributed by atoms with Crippen molar-refractivity contribution in [2.45, 2.75) is 96.8 Å². The molecule has 1 radical (unpaired) electrons. The molecule has 125 valence electrons. The first-order chi connectivity index (χ1) is 10.8. The normalized spacial score (nSPS) is 11.0. The van der Waals surface area contributed by atoms with Gasteiger partial charge in [0.05, 0.1) is 0 Å². The van der Waals surface area contributed by atoms with Crippen molar-refractivity contribution in [3.8, 4) is 5.75 Å². The monoisotopic (exact) mass is 303 g/mol. The van der Waals surface area contributed by atoms with Crippen molar-refractivity contribution in [3.63, 3.8) is 0 Å². The largest absolute Gasteiger partial charge is 0.507 e. The minimum Gasteiger partial charge on any atom is -0.507 e. The first kappa shape index (κ1) is 19.1. The van der Waals surface area contributed by atoms with Gasteiger partial charge in [-0.15, -0.1) is 0 Å². The van der Waals surface area contributed by atoms with Gasteiger partial charge in [0.15, 0.2) is 0 Å². The standard InChI is InChI=1S/C21H35O/c1-2-3-4-5-6-7-8-9-10-11-12-13-14-16-20-17-15-18-21(22)19-20/h15,17,19,22H,2-14,16H2,1H3. The maximum atomic E-state index is 9.36. The molecule has 1 aromatic rings. The maximum absolute atomic E-state index is 9.36. The number of aryl methyl sites for hydroxylation is 1. The van der Waals surface area contributed by atoms with E-state index in [0.29, 0.717) is 0 Å². The number of unbranched alkanes of at least 4 members (excludes halogenated alkanes) is 12. The van der Waals surface area contributed by atoms with E-state index in [1.54, 1.807) is 0 Å². The SMILES string of the molecule is CCCCCCCCCCCCCCCc1cc[c]c(O)c1. The van der Waals surface area contributed by atoms with Gasteiger partial charge in [-0.25, -0.2) is 0 Å². The van der Waals surface area contributed by atoms with Gasteiger partial charge in [0.25, 0.3) is 0 Å². The van der Waals surface area contributed by atoms with Crippen molar-refractivity contribution >= 4 is 0 Å². The third-order valence-corrected chi connectivity index (χ3v) is 4.42. The molecule has 1 nitrogen and oxygen atoms in total. The lowest BCUT2D eigenvalue weighted by Crippen LogP contribution is -1.86. The van der Waals surface area contributed by atoms with Crippen LogP contribution in [-0.4, -0.2) is 5.11 Å². The lowest BCUT2D eigenvalue weighted by atomic mass is 10.0. The molecule has 0 aliphatic carbocycles. The van der Waals surface area contributed by atoms with Gasteiger partial charge in [0.2, 0.25) is 0 Å². The van der Waals surface area contributed by atoms with Gasteiger partial charge in [-0.3, -0.25) is 0 Å². The summed E-state index contributed by atoms with van der Waals surface area (Å²) in [5.74, 6) is 0.271. The molecule has 0 bridgehead atoms. The van der Waals surface area contributed by atoms with Gasteiger partial charge >= 0.3 is 0 Å². The fourth-order valence-corrected chi connectivity index (χ4v) is 3.00. The molecule has 0 heterocycles. The highest BCUT2D eigenvalue weighted by Gasteiger charge is 1.96. The predicted molar refractivity (Wildman–Crippen MR) is 96.3 cm³/mol. The van der Waals surface area contributed by atoms with Crippen LogP contribution in [0.4, 0.5) is 0 Å². The average molecular weight is 304 g/mol. The molecule has 1 aromatic carbocycles. The molecule has 0 unspecified atom stereocenters. The van der Waals surface area contributed by atoms with Crippen LogP contribution in [0.3, 0.4) is 0 Å². The Labute approximate surface area is 138 Å². The Morgan fingerprint density at radius 3 is 1.77 bits per heavy atom. The van der Waals surface area contributed by atoms with Crippen LogP contribution in [-0.2, 0) is 6.42 Å². The van der Waals surface area contributed by atoms with Gasteiger partial charge < -0.3 is 5.11 Å². The number of hydrogen-bond donors (Lipinski definition) is 1. The fourth-order valence-electron chi connectivity index (χ4n) is 3.00. The Balaban J connectivity index is 1.80. The summed E-state index contributed by atoms with van der Waals surface area (Å²) in [6.45, 7) is 2.28. The zero-order valence-electron chi connectivity index (χ0n) is 14.6.